The number of hydrogen-bond acceptors (Lipinski definition) is 4. The molecule has 2 aromatic rings. The van der Waals surface area contributed by atoms with Crippen LogP contribution in [0.3, 0.4) is 0 Å². The number of aromatic nitrogens is 2. The van der Waals surface area contributed by atoms with Crippen LogP contribution in [0.4, 0.5) is 10.5 Å². The number of amides is 3. The standard InChI is InChI=1S/C13H13N5O2/c19-11-13(16-12(20)15-11)4-6-17(8-13)10-7-14-18-5-2-1-3-9(10)18/h1-3,5,7H,4,6,8H2,(H2,15,16,19,20). The van der Waals surface area contributed by atoms with E-state index in [0.29, 0.717) is 19.5 Å². The van der Waals surface area contributed by atoms with E-state index in [1.54, 1.807) is 10.7 Å². The molecule has 2 aromatic heterocycles. The van der Waals surface area contributed by atoms with Gasteiger partial charge in [-0.25, -0.2) is 9.31 Å². The van der Waals surface area contributed by atoms with E-state index in [9.17, 15) is 9.59 Å². The zero-order valence-corrected chi connectivity index (χ0v) is 10.7. The van der Waals surface area contributed by atoms with Crippen molar-refractivity contribution in [2.75, 3.05) is 18.0 Å². The normalized spacial score (nSPS) is 25.5. The molecule has 1 spiro atoms. The Morgan fingerprint density at radius 3 is 3.00 bits per heavy atom. The molecule has 2 N–H and O–H groups in total. The predicted octanol–water partition coefficient (Wildman–Crippen LogP) is 0.123. The Labute approximate surface area is 114 Å². The number of nitrogens with one attached hydrogen (secondary N) is 2. The Morgan fingerprint density at radius 2 is 2.20 bits per heavy atom. The SMILES string of the molecule is O=C1NC(=O)C2(CCN(c3cnn4ccccc34)C2)N1. The van der Waals surface area contributed by atoms with Gasteiger partial charge in [0.1, 0.15) is 5.54 Å². The molecular formula is C13H13N5O2. The van der Waals surface area contributed by atoms with Crippen molar-refractivity contribution >= 4 is 23.1 Å². The van der Waals surface area contributed by atoms with Crippen LogP contribution in [-0.2, 0) is 4.79 Å². The average molecular weight is 271 g/mol. The molecule has 0 radical (unpaired) electrons. The second-order valence-corrected chi connectivity index (χ2v) is 5.22. The molecule has 4 rings (SSSR count). The minimum absolute atomic E-state index is 0.235. The molecule has 0 bridgehead atoms. The Bertz CT molecular complexity index is 724. The maximum absolute atomic E-state index is 11.9. The van der Waals surface area contributed by atoms with Crippen LogP contribution in [0.25, 0.3) is 5.52 Å². The van der Waals surface area contributed by atoms with Crippen LogP contribution in [0, 0.1) is 0 Å². The van der Waals surface area contributed by atoms with Gasteiger partial charge in [-0.1, -0.05) is 6.07 Å². The Morgan fingerprint density at radius 1 is 1.30 bits per heavy atom. The first-order valence-corrected chi connectivity index (χ1v) is 6.49. The molecule has 1 atom stereocenters. The monoisotopic (exact) mass is 271 g/mol. The Kier molecular flexibility index (Phi) is 2.10. The van der Waals surface area contributed by atoms with Crippen molar-refractivity contribution in [1.29, 1.82) is 0 Å². The summed E-state index contributed by atoms with van der Waals surface area (Å²) in [5.74, 6) is -0.235. The van der Waals surface area contributed by atoms with Gasteiger partial charge in [0.15, 0.2) is 0 Å². The van der Waals surface area contributed by atoms with Gasteiger partial charge in [-0.15, -0.1) is 0 Å². The van der Waals surface area contributed by atoms with Crippen LogP contribution >= 0.6 is 0 Å². The molecule has 102 valence electrons. The van der Waals surface area contributed by atoms with Crippen LogP contribution in [0.15, 0.2) is 30.6 Å². The molecule has 20 heavy (non-hydrogen) atoms. The lowest BCUT2D eigenvalue weighted by Gasteiger charge is -2.21. The van der Waals surface area contributed by atoms with E-state index in [4.69, 9.17) is 0 Å². The molecule has 3 amide bonds. The summed E-state index contributed by atoms with van der Waals surface area (Å²) >= 11 is 0. The highest BCUT2D eigenvalue weighted by Crippen LogP contribution is 2.31. The molecule has 4 heterocycles. The topological polar surface area (TPSA) is 78.7 Å². The van der Waals surface area contributed by atoms with Crippen LogP contribution < -0.4 is 15.5 Å². The number of pyridine rings is 1. The molecule has 0 aromatic carbocycles. The van der Waals surface area contributed by atoms with Gasteiger partial charge in [-0.05, 0) is 18.6 Å². The second-order valence-electron chi connectivity index (χ2n) is 5.22. The summed E-state index contributed by atoms with van der Waals surface area (Å²) in [6, 6.07) is 5.45. The summed E-state index contributed by atoms with van der Waals surface area (Å²) in [5, 5.41) is 9.37. The van der Waals surface area contributed by atoms with Crippen molar-refractivity contribution in [3.63, 3.8) is 0 Å². The third-order valence-corrected chi connectivity index (χ3v) is 4.03. The fraction of sp³-hybridized carbons (Fsp3) is 0.308. The maximum atomic E-state index is 11.9. The van der Waals surface area contributed by atoms with Crippen LogP contribution in [0.5, 0.6) is 0 Å². The molecule has 0 aliphatic carbocycles. The third kappa shape index (κ3) is 1.43. The molecule has 1 unspecified atom stereocenters. The average Bonchev–Trinajstić information content (AvgIpc) is 3.09. The van der Waals surface area contributed by atoms with Crippen LogP contribution in [0.2, 0.25) is 0 Å². The van der Waals surface area contributed by atoms with Gasteiger partial charge in [0.2, 0.25) is 0 Å². The van der Waals surface area contributed by atoms with Gasteiger partial charge in [0.05, 0.1) is 23.9 Å². The molecule has 2 saturated heterocycles. The van der Waals surface area contributed by atoms with Gasteiger partial charge in [-0.3, -0.25) is 10.1 Å². The second kappa shape index (κ2) is 3.72. The number of hydrogen-bond donors (Lipinski definition) is 2. The zero-order valence-electron chi connectivity index (χ0n) is 10.7. The lowest BCUT2D eigenvalue weighted by molar-refractivity contribution is -0.123. The summed E-state index contributed by atoms with van der Waals surface area (Å²) in [5.41, 5.74) is 1.19. The minimum atomic E-state index is -0.792. The van der Waals surface area contributed by atoms with Crippen molar-refractivity contribution in [2.45, 2.75) is 12.0 Å². The van der Waals surface area contributed by atoms with Crippen molar-refractivity contribution in [1.82, 2.24) is 20.2 Å². The highest BCUT2D eigenvalue weighted by atomic mass is 16.2. The summed E-state index contributed by atoms with van der Waals surface area (Å²) in [6.45, 7) is 1.19. The first-order valence-electron chi connectivity index (χ1n) is 6.49. The number of carbonyl (C=O) groups excluding carboxylic acids is 2. The molecule has 0 saturated carbocycles. The molecule has 7 heteroatoms. The van der Waals surface area contributed by atoms with E-state index in [1.165, 1.54) is 0 Å². The molecular weight excluding hydrogens is 258 g/mol. The number of fused-ring (bicyclic) bond motifs is 1. The van der Waals surface area contributed by atoms with E-state index in [2.05, 4.69) is 20.6 Å². The highest BCUT2D eigenvalue weighted by molar-refractivity contribution is 6.07. The van der Waals surface area contributed by atoms with E-state index < -0.39 is 11.6 Å². The van der Waals surface area contributed by atoms with Crippen LogP contribution in [-0.4, -0.2) is 40.2 Å². The van der Waals surface area contributed by atoms with Crippen molar-refractivity contribution in [3.05, 3.63) is 30.6 Å². The summed E-state index contributed by atoms with van der Waals surface area (Å²) in [6.07, 6.45) is 4.28. The lowest BCUT2D eigenvalue weighted by Crippen LogP contribution is -2.49. The fourth-order valence-electron chi connectivity index (χ4n) is 3.00. The van der Waals surface area contributed by atoms with Crippen LogP contribution in [0.1, 0.15) is 6.42 Å². The quantitative estimate of drug-likeness (QED) is 0.722. The first-order chi connectivity index (χ1) is 9.68. The highest BCUT2D eigenvalue weighted by Gasteiger charge is 2.51. The van der Waals surface area contributed by atoms with Crippen molar-refractivity contribution < 1.29 is 9.59 Å². The first kappa shape index (κ1) is 11.3. The fourth-order valence-corrected chi connectivity index (χ4v) is 3.00. The third-order valence-electron chi connectivity index (χ3n) is 4.03. The number of urea groups is 1. The number of anilines is 1. The van der Waals surface area contributed by atoms with Gasteiger partial charge in [-0.2, -0.15) is 5.10 Å². The largest absolute Gasteiger partial charge is 0.365 e. The number of carbonyl (C=O) groups is 2. The van der Waals surface area contributed by atoms with E-state index >= 15 is 0 Å². The molecule has 2 fully saturated rings. The van der Waals surface area contributed by atoms with Gasteiger partial charge < -0.3 is 10.2 Å². The van der Waals surface area contributed by atoms with Gasteiger partial charge in [0.25, 0.3) is 5.91 Å². The van der Waals surface area contributed by atoms with Crippen molar-refractivity contribution in [2.24, 2.45) is 0 Å². The predicted molar refractivity (Wildman–Crippen MR) is 71.4 cm³/mol. The maximum Gasteiger partial charge on any atom is 0.322 e. The van der Waals surface area contributed by atoms with E-state index in [0.717, 1.165) is 11.2 Å². The summed E-state index contributed by atoms with van der Waals surface area (Å²) in [4.78, 5) is 25.4. The number of rotatable bonds is 1. The van der Waals surface area contributed by atoms with Crippen molar-refractivity contribution in [3.8, 4) is 0 Å². The Hall–Kier alpha value is -2.57. The minimum Gasteiger partial charge on any atom is -0.365 e. The van der Waals surface area contributed by atoms with E-state index in [1.807, 2.05) is 24.4 Å². The lowest BCUT2D eigenvalue weighted by atomic mass is 9.99. The van der Waals surface area contributed by atoms with Gasteiger partial charge >= 0.3 is 6.03 Å². The van der Waals surface area contributed by atoms with E-state index in [-0.39, 0.29) is 5.91 Å². The van der Waals surface area contributed by atoms with Gasteiger partial charge in [0, 0.05) is 12.7 Å². The number of nitrogens with zero attached hydrogens (tertiary/aromatic N) is 3. The number of imide groups is 1. The molecule has 2 aliphatic rings. The zero-order chi connectivity index (χ0) is 13.7. The molecule has 7 nitrogen and oxygen atoms in total. The summed E-state index contributed by atoms with van der Waals surface area (Å²) in [7, 11) is 0. The Balaban J connectivity index is 1.69. The molecule has 2 aliphatic heterocycles. The summed E-state index contributed by atoms with van der Waals surface area (Å²) < 4.78 is 1.80. The smallest absolute Gasteiger partial charge is 0.322 e.